The number of aliphatic hydroxyl groups excluding tert-OH is 1. The highest BCUT2D eigenvalue weighted by molar-refractivity contribution is 6.30. The van der Waals surface area contributed by atoms with Gasteiger partial charge in [0.15, 0.2) is 0 Å². The normalized spacial score (nSPS) is 15.3. The van der Waals surface area contributed by atoms with Crippen LogP contribution in [0.5, 0.6) is 0 Å². The van der Waals surface area contributed by atoms with Crippen molar-refractivity contribution in [2.75, 3.05) is 56.2 Å². The molecule has 0 saturated carbocycles. The van der Waals surface area contributed by atoms with Gasteiger partial charge in [0.25, 0.3) is 5.56 Å². The van der Waals surface area contributed by atoms with E-state index in [9.17, 15) is 27.9 Å². The van der Waals surface area contributed by atoms with E-state index >= 15 is 0 Å². The average molecular weight is 506 g/mol. The van der Waals surface area contributed by atoms with Gasteiger partial charge in [-0.3, -0.25) is 9.59 Å². The molecule has 0 aromatic carbocycles. The number of aromatic nitrogens is 4. The van der Waals surface area contributed by atoms with Crippen LogP contribution in [0.15, 0.2) is 23.4 Å². The molecule has 3 rings (SSSR count). The van der Waals surface area contributed by atoms with Crippen LogP contribution in [0.2, 0.25) is 5.02 Å². The highest BCUT2D eigenvalue weighted by atomic mass is 35.5. The lowest BCUT2D eigenvalue weighted by Crippen LogP contribution is -2.49. The zero-order valence-electron chi connectivity index (χ0n) is 17.9. The Kier molecular flexibility index (Phi) is 8.63. The van der Waals surface area contributed by atoms with Crippen molar-refractivity contribution in [3.05, 3.63) is 39.5 Å². The quantitative estimate of drug-likeness (QED) is 0.422. The minimum atomic E-state index is -4.91. The molecule has 186 valence electrons. The van der Waals surface area contributed by atoms with Gasteiger partial charge in [-0.1, -0.05) is 11.6 Å². The summed E-state index contributed by atoms with van der Waals surface area (Å²) in [5, 5.41) is 17.4. The zero-order valence-corrected chi connectivity index (χ0v) is 18.6. The first-order valence-corrected chi connectivity index (χ1v) is 10.7. The van der Waals surface area contributed by atoms with E-state index in [2.05, 4.69) is 20.4 Å². The number of carbonyl (C=O) groups is 1. The number of piperazine rings is 1. The van der Waals surface area contributed by atoms with E-state index < -0.39 is 35.6 Å². The molecule has 2 aromatic rings. The second-order valence-corrected chi connectivity index (χ2v) is 7.84. The first-order valence-electron chi connectivity index (χ1n) is 10.3. The fourth-order valence-electron chi connectivity index (χ4n) is 3.32. The Morgan fingerprint density at radius 1 is 1.24 bits per heavy atom. The van der Waals surface area contributed by atoms with Crippen LogP contribution in [0.3, 0.4) is 0 Å². The minimum Gasteiger partial charge on any atom is -0.394 e. The molecule has 0 bridgehead atoms. The number of nitrogens with zero attached hydrogens (tertiary/aromatic N) is 5. The van der Waals surface area contributed by atoms with Crippen molar-refractivity contribution >= 4 is 29.1 Å². The number of nitrogens with one attached hydrogen (secondary N) is 2. The second-order valence-electron chi connectivity index (χ2n) is 7.40. The van der Waals surface area contributed by atoms with Crippen molar-refractivity contribution in [2.24, 2.45) is 0 Å². The molecular weight excluding hydrogens is 483 g/mol. The number of hydrogen-bond acceptors (Lipinski definition) is 9. The maximum Gasteiger partial charge on any atom is 0.423 e. The van der Waals surface area contributed by atoms with Gasteiger partial charge in [0.1, 0.15) is 5.56 Å². The first kappa shape index (κ1) is 25.6. The molecule has 1 unspecified atom stereocenters. The van der Waals surface area contributed by atoms with Crippen molar-refractivity contribution < 1.29 is 27.8 Å². The van der Waals surface area contributed by atoms with Crippen LogP contribution in [0.25, 0.3) is 0 Å². The number of ether oxygens (including phenoxy) is 1. The maximum absolute atomic E-state index is 13.1. The van der Waals surface area contributed by atoms with Gasteiger partial charge in [0.2, 0.25) is 11.9 Å². The van der Waals surface area contributed by atoms with Crippen LogP contribution in [0.1, 0.15) is 12.0 Å². The number of aromatic amines is 1. The summed E-state index contributed by atoms with van der Waals surface area (Å²) in [7, 11) is 0. The molecule has 0 radical (unpaired) electrons. The Morgan fingerprint density at radius 2 is 1.91 bits per heavy atom. The third-order valence-corrected chi connectivity index (χ3v) is 5.22. The largest absolute Gasteiger partial charge is 0.423 e. The van der Waals surface area contributed by atoms with Crippen LogP contribution >= 0.6 is 11.6 Å². The van der Waals surface area contributed by atoms with Gasteiger partial charge in [-0.05, 0) is 0 Å². The van der Waals surface area contributed by atoms with Crippen LogP contribution in [-0.2, 0) is 15.7 Å². The Hall–Kier alpha value is -2.97. The number of carbonyl (C=O) groups excluding carboxylic acids is 1. The van der Waals surface area contributed by atoms with E-state index in [1.54, 1.807) is 10.00 Å². The van der Waals surface area contributed by atoms with E-state index in [0.717, 1.165) is 6.20 Å². The number of anilines is 2. The van der Waals surface area contributed by atoms with Crippen LogP contribution < -0.4 is 15.8 Å². The van der Waals surface area contributed by atoms with Crippen molar-refractivity contribution in [3.63, 3.8) is 0 Å². The highest BCUT2D eigenvalue weighted by Gasteiger charge is 2.37. The van der Waals surface area contributed by atoms with E-state index in [1.807, 2.05) is 4.90 Å². The number of hydrogen-bond donors (Lipinski definition) is 3. The average Bonchev–Trinajstić information content (AvgIpc) is 2.80. The third-order valence-electron chi connectivity index (χ3n) is 5.02. The molecule has 34 heavy (non-hydrogen) atoms. The molecule has 15 heteroatoms. The summed E-state index contributed by atoms with van der Waals surface area (Å²) in [4.78, 5) is 35.9. The summed E-state index contributed by atoms with van der Waals surface area (Å²) >= 11 is 5.79. The molecule has 1 saturated heterocycles. The van der Waals surface area contributed by atoms with E-state index in [0.29, 0.717) is 37.1 Å². The number of rotatable bonds is 9. The summed E-state index contributed by atoms with van der Waals surface area (Å²) < 4.78 is 44.8. The molecule has 0 spiro atoms. The van der Waals surface area contributed by atoms with Gasteiger partial charge in [0, 0.05) is 26.2 Å². The molecule has 1 aliphatic rings. The standard InChI is InChI=1S/C19H23ClF3N7O4/c20-12-7-24-18(25-8-12)30-4-2-29(3-5-30)15(32)1-6-34-11-13(10-31)27-14-9-26-28-17(33)16(14)19(21,22)23/h7-9,13,31H,1-6,10-11H2,(H2,27,28,33). The molecular formula is C19H23ClF3N7O4. The predicted octanol–water partition coefficient (Wildman–Crippen LogP) is 0.760. The summed E-state index contributed by atoms with van der Waals surface area (Å²) in [5.41, 5.74) is -3.42. The lowest BCUT2D eigenvalue weighted by molar-refractivity contribution is -0.138. The maximum atomic E-state index is 13.1. The summed E-state index contributed by atoms with van der Waals surface area (Å²) in [6.07, 6.45) is -1.02. The van der Waals surface area contributed by atoms with Crippen molar-refractivity contribution in [1.29, 1.82) is 0 Å². The van der Waals surface area contributed by atoms with Gasteiger partial charge in [-0.25, -0.2) is 15.1 Å². The van der Waals surface area contributed by atoms with E-state index in [-0.39, 0.29) is 25.5 Å². The van der Waals surface area contributed by atoms with Gasteiger partial charge < -0.3 is 25.0 Å². The van der Waals surface area contributed by atoms with Gasteiger partial charge in [-0.15, -0.1) is 0 Å². The van der Waals surface area contributed by atoms with Crippen LogP contribution in [0, 0.1) is 0 Å². The molecule has 0 aliphatic carbocycles. The van der Waals surface area contributed by atoms with Gasteiger partial charge in [-0.2, -0.15) is 18.3 Å². The van der Waals surface area contributed by atoms with Crippen molar-refractivity contribution in [1.82, 2.24) is 25.1 Å². The molecule has 1 atom stereocenters. The molecule has 1 aliphatic heterocycles. The zero-order chi connectivity index (χ0) is 24.7. The van der Waals surface area contributed by atoms with E-state index in [4.69, 9.17) is 16.3 Å². The number of alkyl halides is 3. The smallest absolute Gasteiger partial charge is 0.394 e. The van der Waals surface area contributed by atoms with Gasteiger partial charge in [0.05, 0.1) is 61.6 Å². The molecule has 3 heterocycles. The summed E-state index contributed by atoms with van der Waals surface area (Å²) in [6, 6.07) is -0.942. The Bertz CT molecular complexity index is 1010. The van der Waals surface area contributed by atoms with Crippen LogP contribution in [0.4, 0.5) is 24.8 Å². The minimum absolute atomic E-state index is 0.0112. The fraction of sp³-hybridized carbons (Fsp3) is 0.526. The molecule has 1 amide bonds. The number of H-pyrrole nitrogens is 1. The fourth-order valence-corrected chi connectivity index (χ4v) is 3.41. The van der Waals surface area contributed by atoms with E-state index in [1.165, 1.54) is 12.4 Å². The first-order chi connectivity index (χ1) is 16.2. The predicted molar refractivity (Wildman–Crippen MR) is 116 cm³/mol. The lowest BCUT2D eigenvalue weighted by atomic mass is 10.2. The van der Waals surface area contributed by atoms with Gasteiger partial charge >= 0.3 is 6.18 Å². The summed E-state index contributed by atoms with van der Waals surface area (Å²) in [5.74, 6) is 0.398. The Balaban J connectivity index is 1.42. The topological polar surface area (TPSA) is 137 Å². The second kappa shape index (κ2) is 11.4. The van der Waals surface area contributed by atoms with Crippen molar-refractivity contribution in [2.45, 2.75) is 18.6 Å². The summed E-state index contributed by atoms with van der Waals surface area (Å²) in [6.45, 7) is 1.31. The lowest BCUT2D eigenvalue weighted by Gasteiger charge is -2.34. The Labute approximate surface area is 196 Å². The highest BCUT2D eigenvalue weighted by Crippen LogP contribution is 2.31. The Morgan fingerprint density at radius 3 is 2.53 bits per heavy atom. The molecule has 3 N–H and O–H groups in total. The number of halogens is 4. The number of aliphatic hydroxyl groups is 1. The monoisotopic (exact) mass is 505 g/mol. The van der Waals surface area contributed by atoms with Crippen molar-refractivity contribution in [3.8, 4) is 0 Å². The van der Waals surface area contributed by atoms with Crippen LogP contribution in [-0.4, -0.2) is 88.1 Å². The SMILES string of the molecule is O=C(CCOCC(CO)Nc1cn[nH]c(=O)c1C(F)(F)F)N1CCN(c2ncc(Cl)cn2)CC1. The number of amides is 1. The molecule has 11 nitrogen and oxygen atoms in total. The molecule has 1 fully saturated rings. The molecule has 2 aromatic heterocycles. The third kappa shape index (κ3) is 6.77.